The molecule has 5 heteroatoms. The van der Waals surface area contributed by atoms with Gasteiger partial charge < -0.3 is 16.4 Å². The number of unbranched alkanes of at least 4 members (excludes halogenated alkanes) is 23. The largest absolute Gasteiger partial charge is 0.354 e. The normalized spacial score (nSPS) is 11.9. The fourth-order valence-electron chi connectivity index (χ4n) is 5.91. The number of allylic oxidation sites excluding steroid dienone is 4. The zero-order chi connectivity index (χ0) is 35.6. The standard InChI is InChI=1S/C41H79N3O2.C2H6/c1-3-5-7-9-11-13-15-17-19-21-23-25-27-29-31-36-40(45)44-39(35-32-33-37-42)41(46)43-38-34-30-28-26-24-22-20-18-16-14-12-10-8-6-4-2;1-2/h17-20,39H,3-16,21-38,42H2,1-2H3,(H,43,46)(H,44,45);1-2H3/b19-17-,20-18-;. The Morgan fingerprint density at radius 2 is 0.917 bits per heavy atom. The van der Waals surface area contributed by atoms with E-state index < -0.39 is 6.04 Å². The summed E-state index contributed by atoms with van der Waals surface area (Å²) in [4.78, 5) is 25.5. The molecule has 0 aromatic rings. The van der Waals surface area contributed by atoms with Crippen molar-refractivity contribution in [3.8, 4) is 0 Å². The number of carbonyl (C=O) groups is 2. The molecule has 0 fully saturated rings. The van der Waals surface area contributed by atoms with Gasteiger partial charge in [-0.3, -0.25) is 9.59 Å². The third kappa shape index (κ3) is 38.8. The average molecular weight is 676 g/mol. The quantitative estimate of drug-likeness (QED) is 0.0456. The molecule has 0 spiro atoms. The van der Waals surface area contributed by atoms with Gasteiger partial charge >= 0.3 is 0 Å². The van der Waals surface area contributed by atoms with Crippen LogP contribution in [0.15, 0.2) is 24.3 Å². The van der Waals surface area contributed by atoms with Crippen molar-refractivity contribution in [3.05, 3.63) is 24.3 Å². The molecule has 5 nitrogen and oxygen atoms in total. The molecule has 0 aliphatic rings. The third-order valence-corrected chi connectivity index (χ3v) is 9.00. The van der Waals surface area contributed by atoms with E-state index in [9.17, 15) is 9.59 Å². The molecule has 284 valence electrons. The van der Waals surface area contributed by atoms with Crippen molar-refractivity contribution in [2.24, 2.45) is 5.73 Å². The van der Waals surface area contributed by atoms with E-state index in [1.54, 1.807) is 0 Å². The van der Waals surface area contributed by atoms with E-state index in [1.807, 2.05) is 13.8 Å². The molecule has 2 amide bonds. The van der Waals surface area contributed by atoms with Gasteiger partial charge in [-0.15, -0.1) is 0 Å². The Bertz CT molecular complexity index is 706. The lowest BCUT2D eigenvalue weighted by Gasteiger charge is -2.18. The van der Waals surface area contributed by atoms with E-state index in [0.29, 0.717) is 25.9 Å². The first kappa shape index (κ1) is 48.5. The number of hydrogen-bond acceptors (Lipinski definition) is 3. The molecule has 4 N–H and O–H groups in total. The first-order chi connectivity index (χ1) is 23.7. The lowest BCUT2D eigenvalue weighted by molar-refractivity contribution is -0.129. The van der Waals surface area contributed by atoms with Crippen LogP contribution in [-0.2, 0) is 9.59 Å². The molecule has 0 saturated heterocycles. The van der Waals surface area contributed by atoms with Crippen molar-refractivity contribution in [1.82, 2.24) is 10.6 Å². The molecule has 48 heavy (non-hydrogen) atoms. The van der Waals surface area contributed by atoms with Gasteiger partial charge in [-0.25, -0.2) is 0 Å². The van der Waals surface area contributed by atoms with Gasteiger partial charge in [0, 0.05) is 13.0 Å². The molecule has 0 rings (SSSR count). The van der Waals surface area contributed by atoms with Crippen LogP contribution in [0.25, 0.3) is 0 Å². The van der Waals surface area contributed by atoms with Crippen LogP contribution < -0.4 is 16.4 Å². The highest BCUT2D eigenvalue weighted by atomic mass is 16.2. The highest BCUT2D eigenvalue weighted by Crippen LogP contribution is 2.12. The Hall–Kier alpha value is -1.62. The Balaban J connectivity index is 0. The van der Waals surface area contributed by atoms with Crippen LogP contribution in [0.4, 0.5) is 0 Å². The van der Waals surface area contributed by atoms with Gasteiger partial charge in [-0.05, 0) is 90.0 Å². The van der Waals surface area contributed by atoms with Crippen molar-refractivity contribution >= 4 is 11.8 Å². The van der Waals surface area contributed by atoms with Gasteiger partial charge in [0.15, 0.2) is 0 Å². The van der Waals surface area contributed by atoms with Crippen LogP contribution in [-0.4, -0.2) is 30.9 Å². The van der Waals surface area contributed by atoms with Crippen LogP contribution in [0, 0.1) is 0 Å². The molecule has 0 radical (unpaired) electrons. The van der Waals surface area contributed by atoms with Crippen LogP contribution in [0.3, 0.4) is 0 Å². The fourth-order valence-corrected chi connectivity index (χ4v) is 5.91. The summed E-state index contributed by atoms with van der Waals surface area (Å²) < 4.78 is 0. The third-order valence-electron chi connectivity index (χ3n) is 9.00. The molecule has 1 unspecified atom stereocenters. The number of nitrogens with two attached hydrogens (primary N) is 1. The summed E-state index contributed by atoms with van der Waals surface area (Å²) in [5.41, 5.74) is 5.67. The van der Waals surface area contributed by atoms with Crippen molar-refractivity contribution in [3.63, 3.8) is 0 Å². The second kappa shape index (κ2) is 43.4. The van der Waals surface area contributed by atoms with Crippen molar-refractivity contribution < 1.29 is 9.59 Å². The minimum Gasteiger partial charge on any atom is -0.354 e. The molecule has 1 atom stereocenters. The summed E-state index contributed by atoms with van der Waals surface area (Å²) in [5, 5.41) is 6.10. The summed E-state index contributed by atoms with van der Waals surface area (Å²) in [6.07, 6.45) is 45.0. The van der Waals surface area contributed by atoms with E-state index in [1.165, 1.54) is 141 Å². The minimum absolute atomic E-state index is 0.00606. The summed E-state index contributed by atoms with van der Waals surface area (Å²) in [7, 11) is 0. The van der Waals surface area contributed by atoms with Crippen LogP contribution in [0.2, 0.25) is 0 Å². The van der Waals surface area contributed by atoms with Crippen LogP contribution in [0.1, 0.15) is 220 Å². The van der Waals surface area contributed by atoms with Gasteiger partial charge in [-0.1, -0.05) is 155 Å². The number of carbonyl (C=O) groups excluding carboxylic acids is 2. The van der Waals surface area contributed by atoms with E-state index in [-0.39, 0.29) is 11.8 Å². The predicted octanol–water partition coefficient (Wildman–Crippen LogP) is 12.4. The van der Waals surface area contributed by atoms with Gasteiger partial charge in [0.05, 0.1) is 0 Å². The van der Waals surface area contributed by atoms with Gasteiger partial charge in [0.1, 0.15) is 6.04 Å². The Morgan fingerprint density at radius 3 is 1.35 bits per heavy atom. The molecule has 0 bridgehead atoms. The summed E-state index contributed by atoms with van der Waals surface area (Å²) >= 11 is 0. The minimum atomic E-state index is -0.440. The highest BCUT2D eigenvalue weighted by Gasteiger charge is 2.19. The van der Waals surface area contributed by atoms with Crippen molar-refractivity contribution in [2.45, 2.75) is 226 Å². The maximum atomic E-state index is 12.9. The van der Waals surface area contributed by atoms with Crippen LogP contribution in [0.5, 0.6) is 0 Å². The number of amides is 2. The maximum Gasteiger partial charge on any atom is 0.242 e. The Kier molecular flexibility index (Phi) is 43.8. The SMILES string of the molecule is CC.CCCCCCCC/C=C\CCCCCCCNC(=O)C(CCCCN)NC(=O)CCCCCCC/C=C\CCCCCCCC. The van der Waals surface area contributed by atoms with E-state index in [0.717, 1.165) is 38.5 Å². The molecule has 0 aromatic carbocycles. The lowest BCUT2D eigenvalue weighted by atomic mass is 10.1. The Labute approximate surface area is 300 Å². The smallest absolute Gasteiger partial charge is 0.242 e. The van der Waals surface area contributed by atoms with E-state index in [2.05, 4.69) is 48.8 Å². The molecule has 0 heterocycles. The van der Waals surface area contributed by atoms with Crippen LogP contribution >= 0.6 is 0 Å². The molecule has 0 saturated carbocycles. The van der Waals surface area contributed by atoms with Gasteiger partial charge in [0.2, 0.25) is 11.8 Å². The zero-order valence-corrected chi connectivity index (χ0v) is 32.9. The first-order valence-electron chi connectivity index (χ1n) is 21.2. The number of rotatable bonds is 36. The van der Waals surface area contributed by atoms with E-state index in [4.69, 9.17) is 5.73 Å². The highest BCUT2D eigenvalue weighted by molar-refractivity contribution is 5.87. The predicted molar refractivity (Wildman–Crippen MR) is 213 cm³/mol. The lowest BCUT2D eigenvalue weighted by Crippen LogP contribution is -2.47. The second-order valence-corrected chi connectivity index (χ2v) is 13.6. The van der Waals surface area contributed by atoms with Gasteiger partial charge in [-0.2, -0.15) is 0 Å². The molecule has 0 aliphatic heterocycles. The average Bonchev–Trinajstić information content (AvgIpc) is 3.10. The second-order valence-electron chi connectivity index (χ2n) is 13.6. The molecule has 0 aromatic heterocycles. The van der Waals surface area contributed by atoms with Crippen molar-refractivity contribution in [1.29, 1.82) is 0 Å². The zero-order valence-electron chi connectivity index (χ0n) is 32.9. The Morgan fingerprint density at radius 1 is 0.521 bits per heavy atom. The van der Waals surface area contributed by atoms with E-state index >= 15 is 0 Å². The monoisotopic (exact) mass is 676 g/mol. The molecular weight excluding hydrogens is 590 g/mol. The summed E-state index contributed by atoms with van der Waals surface area (Å²) in [6.45, 7) is 9.84. The topological polar surface area (TPSA) is 84.2 Å². The fraction of sp³-hybridized carbons (Fsp3) is 0.860. The van der Waals surface area contributed by atoms with Gasteiger partial charge in [0.25, 0.3) is 0 Å². The maximum absolute atomic E-state index is 12.9. The molecular formula is C43H85N3O2. The summed E-state index contributed by atoms with van der Waals surface area (Å²) in [6, 6.07) is -0.440. The number of hydrogen-bond donors (Lipinski definition) is 3. The number of nitrogens with one attached hydrogen (secondary N) is 2. The first-order valence-corrected chi connectivity index (χ1v) is 21.2. The summed E-state index contributed by atoms with van der Waals surface area (Å²) in [5.74, 6) is -0.0306. The molecule has 0 aliphatic carbocycles. The van der Waals surface area contributed by atoms with Crippen molar-refractivity contribution in [2.75, 3.05) is 13.1 Å².